The maximum absolute atomic E-state index is 12.9. The van der Waals surface area contributed by atoms with Crippen molar-refractivity contribution in [2.75, 3.05) is 17.6 Å². The molecule has 0 fully saturated rings. The molecule has 0 radical (unpaired) electrons. The summed E-state index contributed by atoms with van der Waals surface area (Å²) in [5.41, 5.74) is 1.72. The number of halogens is 1. The number of nitrogens with one attached hydrogen (secondary N) is 2. The van der Waals surface area contributed by atoms with Gasteiger partial charge in [-0.3, -0.25) is 9.59 Å². The van der Waals surface area contributed by atoms with Gasteiger partial charge in [0.15, 0.2) is 6.10 Å². The number of amides is 2. The van der Waals surface area contributed by atoms with Gasteiger partial charge in [0.1, 0.15) is 5.82 Å². The van der Waals surface area contributed by atoms with Crippen LogP contribution in [0.2, 0.25) is 0 Å². The molecule has 2 amide bonds. The van der Waals surface area contributed by atoms with Crippen LogP contribution in [0.1, 0.15) is 29.3 Å². The molecule has 0 unspecified atom stereocenters. The molecule has 0 aromatic heterocycles. The Hall–Kier alpha value is -2.87. The molecular formula is C21H21FN2O4S. The predicted molar refractivity (Wildman–Crippen MR) is 108 cm³/mol. The van der Waals surface area contributed by atoms with E-state index in [0.717, 1.165) is 10.5 Å². The Balaban J connectivity index is 1.52. The van der Waals surface area contributed by atoms with E-state index in [0.29, 0.717) is 30.8 Å². The van der Waals surface area contributed by atoms with Gasteiger partial charge in [-0.05, 0) is 49.2 Å². The second-order valence-electron chi connectivity index (χ2n) is 6.57. The topological polar surface area (TPSA) is 84.5 Å². The Kier molecular flexibility index (Phi) is 6.87. The minimum atomic E-state index is -0.974. The summed E-state index contributed by atoms with van der Waals surface area (Å²) in [4.78, 5) is 37.1. The van der Waals surface area contributed by atoms with Crippen LogP contribution in [-0.2, 0) is 20.7 Å². The number of carbonyl (C=O) groups is 3. The van der Waals surface area contributed by atoms with E-state index in [2.05, 4.69) is 10.6 Å². The lowest BCUT2D eigenvalue weighted by Crippen LogP contribution is -2.36. The number of carbonyl (C=O) groups excluding carboxylic acids is 3. The van der Waals surface area contributed by atoms with Crippen molar-refractivity contribution in [3.63, 3.8) is 0 Å². The molecule has 0 saturated carbocycles. The third-order valence-electron chi connectivity index (χ3n) is 4.36. The third-order valence-corrected chi connectivity index (χ3v) is 5.43. The number of fused-ring (bicyclic) bond motifs is 1. The summed E-state index contributed by atoms with van der Waals surface area (Å²) in [6.45, 7) is 1.83. The van der Waals surface area contributed by atoms with E-state index in [1.54, 1.807) is 42.1 Å². The highest BCUT2D eigenvalue weighted by Gasteiger charge is 2.21. The minimum Gasteiger partial charge on any atom is -0.449 e. The number of ether oxygens (including phenoxy) is 1. The summed E-state index contributed by atoms with van der Waals surface area (Å²) < 4.78 is 18.1. The van der Waals surface area contributed by atoms with Gasteiger partial charge in [0.05, 0.1) is 11.3 Å². The molecule has 0 saturated heterocycles. The molecule has 1 atom stereocenters. The van der Waals surface area contributed by atoms with E-state index in [1.165, 1.54) is 19.1 Å². The average Bonchev–Trinajstić information content (AvgIpc) is 2.89. The van der Waals surface area contributed by atoms with E-state index < -0.39 is 18.0 Å². The zero-order valence-electron chi connectivity index (χ0n) is 15.9. The number of hydrogen-bond acceptors (Lipinski definition) is 5. The summed E-state index contributed by atoms with van der Waals surface area (Å²) in [7, 11) is 0. The van der Waals surface area contributed by atoms with Crippen LogP contribution in [0.25, 0.3) is 0 Å². The molecule has 0 spiro atoms. The molecule has 3 rings (SSSR count). The highest BCUT2D eigenvalue weighted by atomic mass is 32.2. The number of anilines is 1. The summed E-state index contributed by atoms with van der Waals surface area (Å²) >= 11 is 1.54. The van der Waals surface area contributed by atoms with Gasteiger partial charge in [-0.15, -0.1) is 11.8 Å². The largest absolute Gasteiger partial charge is 0.449 e. The summed E-state index contributed by atoms with van der Waals surface area (Å²) in [6.07, 6.45) is -0.0261. The molecular weight excluding hydrogens is 395 g/mol. The molecule has 1 heterocycles. The molecule has 2 aromatic rings. The number of benzene rings is 2. The first kappa shape index (κ1) is 20.9. The van der Waals surface area contributed by atoms with Crippen molar-refractivity contribution in [2.24, 2.45) is 0 Å². The van der Waals surface area contributed by atoms with Crippen molar-refractivity contribution in [3.05, 3.63) is 59.4 Å². The second-order valence-corrected chi connectivity index (χ2v) is 7.71. The highest BCUT2D eigenvalue weighted by Crippen LogP contribution is 2.31. The first-order valence-electron chi connectivity index (χ1n) is 9.22. The zero-order valence-corrected chi connectivity index (χ0v) is 16.7. The molecule has 29 heavy (non-hydrogen) atoms. The van der Waals surface area contributed by atoms with Crippen LogP contribution < -0.4 is 10.6 Å². The van der Waals surface area contributed by atoms with Gasteiger partial charge < -0.3 is 15.4 Å². The first-order valence-corrected chi connectivity index (χ1v) is 10.2. The van der Waals surface area contributed by atoms with E-state index in [4.69, 9.17) is 4.74 Å². The number of esters is 1. The van der Waals surface area contributed by atoms with E-state index in [9.17, 15) is 18.8 Å². The SMILES string of the molecule is C[C@H](OC(=O)c1ccc2c(c1)NC(=O)CCS2)C(=O)NCCc1ccc(F)cc1. The Morgan fingerprint density at radius 1 is 1.24 bits per heavy atom. The maximum Gasteiger partial charge on any atom is 0.338 e. The fourth-order valence-corrected chi connectivity index (χ4v) is 3.69. The van der Waals surface area contributed by atoms with Crippen LogP contribution in [0.15, 0.2) is 47.4 Å². The van der Waals surface area contributed by atoms with Gasteiger partial charge in [-0.2, -0.15) is 0 Å². The molecule has 2 N–H and O–H groups in total. The molecule has 2 aromatic carbocycles. The van der Waals surface area contributed by atoms with Crippen LogP contribution in [-0.4, -0.2) is 36.2 Å². The Morgan fingerprint density at radius 3 is 2.76 bits per heavy atom. The lowest BCUT2D eigenvalue weighted by atomic mass is 10.1. The average molecular weight is 416 g/mol. The standard InChI is InChI=1S/C21H21FN2O4S/c1-13(20(26)23-10-8-14-2-5-16(22)6-3-14)28-21(27)15-4-7-18-17(12-15)24-19(25)9-11-29-18/h2-7,12-13H,8-11H2,1H3,(H,23,26)(H,24,25)/t13-/m0/s1. The van der Waals surface area contributed by atoms with Crippen LogP contribution >= 0.6 is 11.8 Å². The van der Waals surface area contributed by atoms with Gasteiger partial charge in [-0.25, -0.2) is 9.18 Å². The van der Waals surface area contributed by atoms with E-state index in [1.807, 2.05) is 0 Å². The Bertz CT molecular complexity index is 917. The molecule has 0 aliphatic carbocycles. The molecule has 0 bridgehead atoms. The normalized spacial score (nSPS) is 14.2. The number of thioether (sulfide) groups is 1. The minimum absolute atomic E-state index is 0.101. The van der Waals surface area contributed by atoms with Gasteiger partial charge in [0.25, 0.3) is 5.91 Å². The molecule has 152 valence electrons. The number of hydrogen-bond donors (Lipinski definition) is 2. The van der Waals surface area contributed by atoms with Crippen LogP contribution in [0.5, 0.6) is 0 Å². The van der Waals surface area contributed by atoms with Crippen molar-refractivity contribution in [2.45, 2.75) is 30.8 Å². The van der Waals surface area contributed by atoms with Gasteiger partial charge in [0, 0.05) is 23.6 Å². The van der Waals surface area contributed by atoms with Crippen molar-refractivity contribution < 1.29 is 23.5 Å². The van der Waals surface area contributed by atoms with Gasteiger partial charge >= 0.3 is 5.97 Å². The van der Waals surface area contributed by atoms with Crippen LogP contribution in [0.4, 0.5) is 10.1 Å². The van der Waals surface area contributed by atoms with Crippen molar-refractivity contribution in [1.82, 2.24) is 5.32 Å². The molecule has 1 aliphatic rings. The monoisotopic (exact) mass is 416 g/mol. The van der Waals surface area contributed by atoms with Crippen molar-refractivity contribution >= 4 is 35.2 Å². The Labute approximate surface area is 172 Å². The van der Waals surface area contributed by atoms with Gasteiger partial charge in [-0.1, -0.05) is 12.1 Å². The molecule has 8 heteroatoms. The molecule has 1 aliphatic heterocycles. The van der Waals surface area contributed by atoms with E-state index >= 15 is 0 Å². The highest BCUT2D eigenvalue weighted by molar-refractivity contribution is 7.99. The summed E-state index contributed by atoms with van der Waals surface area (Å²) in [5, 5.41) is 5.47. The fraction of sp³-hybridized carbons (Fsp3) is 0.286. The summed E-state index contributed by atoms with van der Waals surface area (Å²) in [5.74, 6) is -0.792. The first-order chi connectivity index (χ1) is 13.9. The van der Waals surface area contributed by atoms with Crippen LogP contribution in [0, 0.1) is 5.82 Å². The van der Waals surface area contributed by atoms with Gasteiger partial charge in [0.2, 0.25) is 5.91 Å². The predicted octanol–water partition coefficient (Wildman–Crippen LogP) is 3.16. The lowest BCUT2D eigenvalue weighted by molar-refractivity contribution is -0.129. The molecule has 6 nitrogen and oxygen atoms in total. The van der Waals surface area contributed by atoms with Crippen molar-refractivity contribution in [3.8, 4) is 0 Å². The fourth-order valence-electron chi connectivity index (χ4n) is 2.75. The second kappa shape index (κ2) is 9.56. The zero-order chi connectivity index (χ0) is 20.8. The smallest absolute Gasteiger partial charge is 0.338 e. The summed E-state index contributed by atoms with van der Waals surface area (Å²) in [6, 6.07) is 11.0. The maximum atomic E-state index is 12.9. The Morgan fingerprint density at radius 2 is 2.00 bits per heavy atom. The lowest BCUT2D eigenvalue weighted by Gasteiger charge is -2.14. The van der Waals surface area contributed by atoms with Crippen molar-refractivity contribution in [1.29, 1.82) is 0 Å². The number of rotatable bonds is 6. The van der Waals surface area contributed by atoms with E-state index in [-0.39, 0.29) is 17.3 Å². The van der Waals surface area contributed by atoms with Crippen LogP contribution in [0.3, 0.4) is 0 Å². The quantitative estimate of drug-likeness (QED) is 0.707. The third kappa shape index (κ3) is 5.80.